The Labute approximate surface area is 101 Å². The van der Waals surface area contributed by atoms with Gasteiger partial charge in [-0.15, -0.1) is 11.8 Å². The first-order valence-electron chi connectivity index (χ1n) is 5.26. The Bertz CT molecular complexity index is 324. The van der Waals surface area contributed by atoms with Crippen molar-refractivity contribution in [2.75, 3.05) is 12.4 Å². The Morgan fingerprint density at radius 2 is 2.06 bits per heavy atom. The number of hydrogen-bond donors (Lipinski definition) is 1. The second kappa shape index (κ2) is 7.30. The zero-order chi connectivity index (χ0) is 11.8. The Kier molecular flexibility index (Phi) is 5.96. The molecule has 0 spiro atoms. The number of hydroxylamine groups is 1. The summed E-state index contributed by atoms with van der Waals surface area (Å²) in [5.74, 6) is 1.19. The average Bonchev–Trinajstić information content (AvgIpc) is 2.29. The van der Waals surface area contributed by atoms with E-state index in [1.54, 1.807) is 11.8 Å². The molecular formula is C12H17NO2S. The monoisotopic (exact) mass is 239 g/mol. The summed E-state index contributed by atoms with van der Waals surface area (Å²) in [6.07, 6.45) is 0. The predicted molar refractivity (Wildman–Crippen MR) is 67.1 cm³/mol. The van der Waals surface area contributed by atoms with Crippen LogP contribution in [0.15, 0.2) is 24.3 Å². The van der Waals surface area contributed by atoms with Crippen LogP contribution >= 0.6 is 11.8 Å². The Morgan fingerprint density at radius 3 is 2.69 bits per heavy atom. The van der Waals surface area contributed by atoms with Gasteiger partial charge in [-0.25, -0.2) is 5.48 Å². The molecule has 0 saturated carbocycles. The largest absolute Gasteiger partial charge is 0.274 e. The molecule has 0 saturated heterocycles. The molecule has 0 atom stereocenters. The average molecular weight is 239 g/mol. The van der Waals surface area contributed by atoms with Gasteiger partial charge < -0.3 is 0 Å². The lowest BCUT2D eigenvalue weighted by atomic mass is 10.2. The molecule has 0 aliphatic rings. The number of carbonyl (C=O) groups excluding carboxylic acids is 1. The lowest BCUT2D eigenvalue weighted by Gasteiger charge is -2.04. The van der Waals surface area contributed by atoms with Crippen molar-refractivity contribution in [2.45, 2.75) is 19.6 Å². The quantitative estimate of drug-likeness (QED) is 0.774. The van der Waals surface area contributed by atoms with Crippen molar-refractivity contribution in [3.05, 3.63) is 35.4 Å². The first kappa shape index (κ1) is 13.1. The number of rotatable bonds is 6. The highest BCUT2D eigenvalue weighted by Crippen LogP contribution is 2.12. The fourth-order valence-corrected chi connectivity index (χ4v) is 1.90. The molecule has 0 bridgehead atoms. The van der Waals surface area contributed by atoms with E-state index in [-0.39, 0.29) is 5.91 Å². The second-order valence-corrected chi connectivity index (χ2v) is 4.42. The zero-order valence-corrected chi connectivity index (χ0v) is 10.5. The van der Waals surface area contributed by atoms with Crippen molar-refractivity contribution in [1.82, 2.24) is 5.48 Å². The molecule has 16 heavy (non-hydrogen) atoms. The van der Waals surface area contributed by atoms with Gasteiger partial charge in [-0.05, 0) is 19.4 Å². The summed E-state index contributed by atoms with van der Waals surface area (Å²) in [5, 5.41) is 0. The van der Waals surface area contributed by atoms with Gasteiger partial charge in [0, 0.05) is 5.75 Å². The fraction of sp³-hybridized carbons (Fsp3) is 0.417. The summed E-state index contributed by atoms with van der Waals surface area (Å²) < 4.78 is 0. The third-order valence-electron chi connectivity index (χ3n) is 1.95. The van der Waals surface area contributed by atoms with E-state index in [1.165, 1.54) is 11.1 Å². The van der Waals surface area contributed by atoms with Crippen LogP contribution in [0.2, 0.25) is 0 Å². The number of nitrogens with one attached hydrogen (secondary N) is 1. The molecule has 0 fully saturated rings. The van der Waals surface area contributed by atoms with E-state index in [9.17, 15) is 4.79 Å². The third kappa shape index (κ3) is 5.19. The molecule has 0 heterocycles. The van der Waals surface area contributed by atoms with Crippen LogP contribution in [0, 0.1) is 6.92 Å². The number of aryl methyl sites for hydroxylation is 1. The van der Waals surface area contributed by atoms with Crippen LogP contribution < -0.4 is 5.48 Å². The first-order chi connectivity index (χ1) is 7.72. The summed E-state index contributed by atoms with van der Waals surface area (Å²) in [5.41, 5.74) is 4.86. The van der Waals surface area contributed by atoms with Crippen LogP contribution in [-0.4, -0.2) is 18.3 Å². The summed E-state index contributed by atoms with van der Waals surface area (Å²) in [6.45, 7) is 4.39. The van der Waals surface area contributed by atoms with Crippen LogP contribution in [0.3, 0.4) is 0 Å². The summed E-state index contributed by atoms with van der Waals surface area (Å²) in [4.78, 5) is 16.0. The minimum Gasteiger partial charge on any atom is -0.274 e. The van der Waals surface area contributed by atoms with E-state index >= 15 is 0 Å². The van der Waals surface area contributed by atoms with Gasteiger partial charge in [0.15, 0.2) is 0 Å². The molecule has 0 aromatic heterocycles. The van der Waals surface area contributed by atoms with E-state index in [4.69, 9.17) is 4.84 Å². The summed E-state index contributed by atoms with van der Waals surface area (Å²) >= 11 is 1.58. The van der Waals surface area contributed by atoms with Crippen LogP contribution in [0.5, 0.6) is 0 Å². The lowest BCUT2D eigenvalue weighted by Crippen LogP contribution is -2.25. The maximum atomic E-state index is 11.2. The van der Waals surface area contributed by atoms with Crippen LogP contribution in [-0.2, 0) is 15.4 Å². The van der Waals surface area contributed by atoms with Gasteiger partial charge in [0.05, 0.1) is 12.4 Å². The highest BCUT2D eigenvalue weighted by molar-refractivity contribution is 7.99. The van der Waals surface area contributed by atoms with E-state index in [1.807, 2.05) is 6.92 Å². The van der Waals surface area contributed by atoms with E-state index < -0.39 is 0 Å². The number of carbonyl (C=O) groups is 1. The molecule has 1 aromatic rings. The molecule has 1 rings (SSSR count). The Balaban J connectivity index is 2.20. The number of benzene rings is 1. The van der Waals surface area contributed by atoms with Gasteiger partial charge in [0.25, 0.3) is 5.91 Å². The minimum atomic E-state index is -0.0843. The number of hydrogen-bond acceptors (Lipinski definition) is 3. The van der Waals surface area contributed by atoms with Gasteiger partial charge in [-0.1, -0.05) is 29.8 Å². The van der Waals surface area contributed by atoms with Crippen LogP contribution in [0.25, 0.3) is 0 Å². The predicted octanol–water partition coefficient (Wildman–Crippen LogP) is 2.30. The van der Waals surface area contributed by atoms with E-state index in [0.717, 1.165) is 5.75 Å². The van der Waals surface area contributed by atoms with Gasteiger partial charge in [0.2, 0.25) is 0 Å². The fourth-order valence-electron chi connectivity index (χ4n) is 1.13. The SMILES string of the molecule is CCONC(=O)CSCc1ccc(C)cc1. The third-order valence-corrected chi connectivity index (χ3v) is 2.96. The molecule has 3 nitrogen and oxygen atoms in total. The van der Waals surface area contributed by atoms with Gasteiger partial charge in [0.1, 0.15) is 0 Å². The summed E-state index contributed by atoms with van der Waals surface area (Å²) in [7, 11) is 0. The minimum absolute atomic E-state index is 0.0843. The Morgan fingerprint density at radius 1 is 1.38 bits per heavy atom. The van der Waals surface area contributed by atoms with Crippen molar-refractivity contribution < 1.29 is 9.63 Å². The molecule has 88 valence electrons. The standard InChI is InChI=1S/C12H17NO2S/c1-3-15-13-12(14)9-16-8-11-6-4-10(2)5-7-11/h4-7H,3,8-9H2,1-2H3,(H,13,14). The molecule has 1 amide bonds. The van der Waals surface area contributed by atoms with Crippen LogP contribution in [0.1, 0.15) is 18.1 Å². The number of amides is 1. The molecule has 4 heteroatoms. The van der Waals surface area contributed by atoms with Gasteiger partial charge in [-0.3, -0.25) is 9.63 Å². The highest BCUT2D eigenvalue weighted by Gasteiger charge is 2.01. The molecule has 1 aromatic carbocycles. The van der Waals surface area contributed by atoms with Gasteiger partial charge in [-0.2, -0.15) is 0 Å². The first-order valence-corrected chi connectivity index (χ1v) is 6.41. The normalized spacial score (nSPS) is 10.1. The molecular weight excluding hydrogens is 222 g/mol. The maximum Gasteiger partial charge on any atom is 0.253 e. The summed E-state index contributed by atoms with van der Waals surface area (Å²) in [6, 6.07) is 8.33. The Hall–Kier alpha value is -1.00. The van der Waals surface area contributed by atoms with Crippen molar-refractivity contribution in [2.24, 2.45) is 0 Å². The molecule has 0 aliphatic carbocycles. The maximum absolute atomic E-state index is 11.2. The molecule has 0 unspecified atom stereocenters. The van der Waals surface area contributed by atoms with Gasteiger partial charge >= 0.3 is 0 Å². The van der Waals surface area contributed by atoms with E-state index in [0.29, 0.717) is 12.4 Å². The molecule has 0 aliphatic heterocycles. The van der Waals surface area contributed by atoms with Crippen molar-refractivity contribution in [3.63, 3.8) is 0 Å². The van der Waals surface area contributed by atoms with Crippen molar-refractivity contribution in [3.8, 4) is 0 Å². The van der Waals surface area contributed by atoms with E-state index in [2.05, 4.69) is 36.7 Å². The molecule has 0 radical (unpaired) electrons. The highest BCUT2D eigenvalue weighted by atomic mass is 32.2. The smallest absolute Gasteiger partial charge is 0.253 e. The van der Waals surface area contributed by atoms with Crippen molar-refractivity contribution >= 4 is 17.7 Å². The number of thioether (sulfide) groups is 1. The topological polar surface area (TPSA) is 38.3 Å². The van der Waals surface area contributed by atoms with Crippen molar-refractivity contribution in [1.29, 1.82) is 0 Å². The lowest BCUT2D eigenvalue weighted by molar-refractivity contribution is -0.130. The second-order valence-electron chi connectivity index (χ2n) is 3.44. The van der Waals surface area contributed by atoms with Crippen LogP contribution in [0.4, 0.5) is 0 Å². The zero-order valence-electron chi connectivity index (χ0n) is 9.66. The molecule has 1 N–H and O–H groups in total.